The lowest BCUT2D eigenvalue weighted by atomic mass is 9.76. The highest BCUT2D eigenvalue weighted by molar-refractivity contribution is 7.80. The summed E-state index contributed by atoms with van der Waals surface area (Å²) in [6.07, 6.45) is 1.98. The molecule has 0 saturated carbocycles. The number of aromatic hydroxyl groups is 1. The van der Waals surface area contributed by atoms with Crippen LogP contribution in [0.1, 0.15) is 85.9 Å². The van der Waals surface area contributed by atoms with Gasteiger partial charge in [-0.05, 0) is 55.6 Å². The molecule has 0 unspecified atom stereocenters. The second kappa shape index (κ2) is 7.41. The maximum absolute atomic E-state index is 11.1. The van der Waals surface area contributed by atoms with Gasteiger partial charge in [-0.25, -0.2) is 0 Å². The number of hydrogen-bond donors (Lipinski definition) is 2. The lowest BCUT2D eigenvalue weighted by Gasteiger charge is -2.32. The van der Waals surface area contributed by atoms with Gasteiger partial charge in [-0.1, -0.05) is 53.7 Å². The summed E-state index contributed by atoms with van der Waals surface area (Å²) in [5.74, 6) is 0.803. The number of hydrogen-bond acceptors (Lipinski definition) is 4. The molecule has 2 rings (SSSR count). The number of benzene rings is 1. The molecule has 0 radical (unpaired) electrons. The normalized spacial score (nSPS) is 20.0. The molecule has 1 fully saturated rings. The predicted molar refractivity (Wildman–Crippen MR) is 123 cm³/mol. The third-order valence-corrected chi connectivity index (χ3v) is 6.26. The first kappa shape index (κ1) is 23.4. The fourth-order valence-corrected chi connectivity index (χ4v) is 3.39. The van der Waals surface area contributed by atoms with Crippen LogP contribution in [0, 0.1) is 0 Å². The Balaban J connectivity index is 2.59. The van der Waals surface area contributed by atoms with E-state index in [0.717, 1.165) is 16.6 Å². The number of thiol groups is 1. The summed E-state index contributed by atoms with van der Waals surface area (Å²) in [4.78, 5) is 0. The molecule has 1 heterocycles. The maximum Gasteiger partial charge on any atom is 0.491 e. The summed E-state index contributed by atoms with van der Waals surface area (Å²) in [7, 11) is -0.474. The van der Waals surface area contributed by atoms with Crippen LogP contribution in [0.5, 0.6) is 5.75 Å². The first-order chi connectivity index (χ1) is 12.5. The predicted octanol–water partition coefficient (Wildman–Crippen LogP) is 5.93. The SMILES string of the molecule is CC(C)(C)c1cc(C=C(CS)B2OC(C)(C)C(C)(C)O2)c(O)c(C(C)(C)C)c1. The molecular formula is C23H37BO3S. The van der Waals surface area contributed by atoms with E-state index in [1.54, 1.807) is 0 Å². The van der Waals surface area contributed by atoms with Crippen LogP contribution in [0.25, 0.3) is 6.08 Å². The van der Waals surface area contributed by atoms with Gasteiger partial charge in [0.15, 0.2) is 0 Å². The highest BCUT2D eigenvalue weighted by Crippen LogP contribution is 2.41. The molecule has 1 aromatic rings. The Kier molecular flexibility index (Phi) is 6.19. The fourth-order valence-electron chi connectivity index (χ4n) is 3.15. The second-order valence-electron chi connectivity index (χ2n) is 10.9. The molecule has 1 saturated heterocycles. The Labute approximate surface area is 177 Å². The van der Waals surface area contributed by atoms with Gasteiger partial charge in [0.1, 0.15) is 5.75 Å². The van der Waals surface area contributed by atoms with Crippen LogP contribution in [-0.4, -0.2) is 29.2 Å². The van der Waals surface area contributed by atoms with Crippen molar-refractivity contribution in [3.05, 3.63) is 34.3 Å². The Morgan fingerprint density at radius 1 is 1.00 bits per heavy atom. The van der Waals surface area contributed by atoms with Crippen molar-refractivity contribution in [2.75, 3.05) is 5.75 Å². The van der Waals surface area contributed by atoms with E-state index in [2.05, 4.69) is 66.3 Å². The molecule has 0 amide bonds. The smallest absolute Gasteiger partial charge is 0.491 e. The lowest BCUT2D eigenvalue weighted by Crippen LogP contribution is -2.41. The van der Waals surface area contributed by atoms with Crippen molar-refractivity contribution in [1.29, 1.82) is 0 Å². The van der Waals surface area contributed by atoms with Crippen molar-refractivity contribution in [3.8, 4) is 5.75 Å². The Bertz CT molecular complexity index is 751. The van der Waals surface area contributed by atoms with Gasteiger partial charge in [0, 0.05) is 16.9 Å². The molecule has 3 nitrogen and oxygen atoms in total. The minimum Gasteiger partial charge on any atom is -0.507 e. The molecule has 1 aliphatic heterocycles. The molecule has 1 aliphatic rings. The summed E-state index contributed by atoms with van der Waals surface area (Å²) in [6, 6.07) is 4.20. The van der Waals surface area contributed by atoms with E-state index in [-0.39, 0.29) is 10.8 Å². The van der Waals surface area contributed by atoms with E-state index in [0.29, 0.717) is 11.5 Å². The Morgan fingerprint density at radius 3 is 1.89 bits per heavy atom. The van der Waals surface area contributed by atoms with Crippen LogP contribution in [0.2, 0.25) is 0 Å². The summed E-state index contributed by atoms with van der Waals surface area (Å²) in [5, 5.41) is 11.1. The molecular weight excluding hydrogens is 367 g/mol. The third kappa shape index (κ3) is 4.63. The third-order valence-electron chi connectivity index (χ3n) is 5.89. The van der Waals surface area contributed by atoms with Gasteiger partial charge in [-0.2, -0.15) is 12.6 Å². The first-order valence-corrected chi connectivity index (χ1v) is 10.7. The zero-order chi connectivity index (χ0) is 21.7. The molecule has 1 aromatic carbocycles. The molecule has 0 atom stereocenters. The number of rotatable bonds is 3. The van der Waals surface area contributed by atoms with E-state index in [1.807, 2.05) is 33.8 Å². The van der Waals surface area contributed by atoms with Crippen molar-refractivity contribution in [2.45, 2.75) is 91.3 Å². The molecule has 0 aromatic heterocycles. The quantitative estimate of drug-likeness (QED) is 0.484. The van der Waals surface area contributed by atoms with E-state index in [1.165, 1.54) is 5.56 Å². The van der Waals surface area contributed by atoms with Crippen molar-refractivity contribution in [3.63, 3.8) is 0 Å². The van der Waals surface area contributed by atoms with Crippen LogP contribution in [0.4, 0.5) is 0 Å². The van der Waals surface area contributed by atoms with Crippen LogP contribution in [0.15, 0.2) is 17.6 Å². The van der Waals surface area contributed by atoms with Crippen molar-refractivity contribution in [2.24, 2.45) is 0 Å². The molecule has 0 aliphatic carbocycles. The van der Waals surface area contributed by atoms with E-state index < -0.39 is 18.3 Å². The van der Waals surface area contributed by atoms with E-state index >= 15 is 0 Å². The first-order valence-electron chi connectivity index (χ1n) is 10.0. The van der Waals surface area contributed by atoms with Crippen molar-refractivity contribution >= 4 is 25.8 Å². The van der Waals surface area contributed by atoms with Crippen molar-refractivity contribution < 1.29 is 14.4 Å². The average Bonchev–Trinajstić information content (AvgIpc) is 2.71. The van der Waals surface area contributed by atoms with Gasteiger partial charge in [0.2, 0.25) is 0 Å². The molecule has 156 valence electrons. The van der Waals surface area contributed by atoms with E-state index in [9.17, 15) is 5.11 Å². The summed E-state index contributed by atoms with van der Waals surface area (Å²) >= 11 is 4.52. The summed E-state index contributed by atoms with van der Waals surface area (Å²) < 4.78 is 12.4. The van der Waals surface area contributed by atoms with Crippen LogP contribution in [0.3, 0.4) is 0 Å². The van der Waals surface area contributed by atoms with Crippen molar-refractivity contribution in [1.82, 2.24) is 0 Å². The largest absolute Gasteiger partial charge is 0.507 e. The topological polar surface area (TPSA) is 38.7 Å². The Hall–Kier alpha value is -0.905. The van der Waals surface area contributed by atoms with Gasteiger partial charge < -0.3 is 14.4 Å². The standard InChI is InChI=1S/C23H37BO3S/c1-20(2,3)16-11-15(19(25)18(13-16)21(4,5)6)12-17(14-28)24-26-22(7,8)23(9,10)27-24/h11-13,25,28H,14H2,1-10H3. The second-order valence-corrected chi connectivity index (χ2v) is 11.2. The molecule has 1 N–H and O–H groups in total. The highest BCUT2D eigenvalue weighted by Gasteiger charge is 2.52. The minimum atomic E-state index is -0.474. The molecule has 0 bridgehead atoms. The zero-order valence-corrected chi connectivity index (χ0v) is 20.1. The van der Waals surface area contributed by atoms with Gasteiger partial charge in [-0.15, -0.1) is 0 Å². The van der Waals surface area contributed by atoms with Crippen LogP contribution >= 0.6 is 12.6 Å². The lowest BCUT2D eigenvalue weighted by molar-refractivity contribution is 0.00578. The molecule has 0 spiro atoms. The highest BCUT2D eigenvalue weighted by atomic mass is 32.1. The monoisotopic (exact) mass is 404 g/mol. The molecule has 28 heavy (non-hydrogen) atoms. The van der Waals surface area contributed by atoms with Crippen LogP contribution in [-0.2, 0) is 20.1 Å². The summed E-state index contributed by atoms with van der Waals surface area (Å²) in [5.41, 5.74) is 2.81. The fraction of sp³-hybridized carbons (Fsp3) is 0.652. The van der Waals surface area contributed by atoms with Gasteiger partial charge in [0.05, 0.1) is 11.2 Å². The van der Waals surface area contributed by atoms with Crippen LogP contribution < -0.4 is 0 Å². The maximum atomic E-state index is 11.1. The number of phenolic OH excluding ortho intramolecular Hbond substituents is 1. The van der Waals surface area contributed by atoms with Gasteiger partial charge >= 0.3 is 7.12 Å². The van der Waals surface area contributed by atoms with E-state index in [4.69, 9.17) is 9.31 Å². The minimum absolute atomic E-state index is 0.0260. The molecule has 5 heteroatoms. The van der Waals surface area contributed by atoms with Gasteiger partial charge in [0.25, 0.3) is 0 Å². The van der Waals surface area contributed by atoms with Gasteiger partial charge in [-0.3, -0.25) is 0 Å². The summed E-state index contributed by atoms with van der Waals surface area (Å²) in [6.45, 7) is 21.1. The average molecular weight is 404 g/mol. The Morgan fingerprint density at radius 2 is 1.50 bits per heavy atom. The number of phenols is 1. The zero-order valence-electron chi connectivity index (χ0n) is 19.2.